The molecule has 1 aromatic carbocycles. The number of carbonyl (C=O) groups excluding carboxylic acids is 1. The minimum Gasteiger partial charge on any atom is -0.334 e. The molecule has 0 aliphatic carbocycles. The first kappa shape index (κ1) is 12.2. The normalized spacial score (nSPS) is 10.7. The van der Waals surface area contributed by atoms with Crippen molar-refractivity contribution < 1.29 is 9.32 Å². The van der Waals surface area contributed by atoms with E-state index in [0.717, 1.165) is 11.1 Å². The molecule has 3 rings (SSSR count). The van der Waals surface area contributed by atoms with Crippen molar-refractivity contribution in [3.8, 4) is 11.5 Å². The molecule has 0 radical (unpaired) electrons. The van der Waals surface area contributed by atoms with Gasteiger partial charge in [-0.3, -0.25) is 4.79 Å². The summed E-state index contributed by atoms with van der Waals surface area (Å²) in [6.45, 7) is 2.30. The molecule has 0 bridgehead atoms. The molecule has 7 nitrogen and oxygen atoms in total. The van der Waals surface area contributed by atoms with Gasteiger partial charge >= 0.3 is 0 Å². The maximum Gasteiger partial charge on any atom is 0.257 e. The highest BCUT2D eigenvalue weighted by Gasteiger charge is 2.10. The molecule has 0 atom stereocenters. The van der Waals surface area contributed by atoms with Crippen molar-refractivity contribution in [2.45, 2.75) is 13.5 Å². The Morgan fingerprint density at radius 3 is 3.05 bits per heavy atom. The van der Waals surface area contributed by atoms with E-state index in [1.807, 2.05) is 31.2 Å². The van der Waals surface area contributed by atoms with Crippen LogP contribution in [-0.2, 0) is 6.54 Å². The molecule has 0 aliphatic rings. The third-order valence-electron chi connectivity index (χ3n) is 2.71. The summed E-state index contributed by atoms with van der Waals surface area (Å²) in [7, 11) is 0. The molecule has 0 fully saturated rings. The minimum absolute atomic E-state index is 0.271. The molecule has 3 aromatic rings. The van der Waals surface area contributed by atoms with E-state index in [1.165, 1.54) is 10.9 Å². The molecule has 2 aromatic heterocycles. The number of carbonyl (C=O) groups is 1. The van der Waals surface area contributed by atoms with Crippen molar-refractivity contribution in [1.82, 2.24) is 25.1 Å². The zero-order chi connectivity index (χ0) is 13.9. The second kappa shape index (κ2) is 5.04. The number of aldehydes is 1. The first-order chi connectivity index (χ1) is 9.74. The fourth-order valence-electron chi connectivity index (χ4n) is 1.80. The van der Waals surface area contributed by atoms with Gasteiger partial charge in [0.15, 0.2) is 12.1 Å². The van der Waals surface area contributed by atoms with Crippen molar-refractivity contribution >= 4 is 6.29 Å². The Morgan fingerprint density at radius 2 is 2.30 bits per heavy atom. The van der Waals surface area contributed by atoms with E-state index < -0.39 is 0 Å². The zero-order valence-electron chi connectivity index (χ0n) is 10.7. The molecular weight excluding hydrogens is 258 g/mol. The second-order valence-electron chi connectivity index (χ2n) is 4.34. The van der Waals surface area contributed by atoms with Crippen LogP contribution in [0.4, 0.5) is 0 Å². The van der Waals surface area contributed by atoms with E-state index in [2.05, 4.69) is 20.5 Å². The van der Waals surface area contributed by atoms with Crippen LogP contribution in [0.2, 0.25) is 0 Å². The quantitative estimate of drug-likeness (QED) is 0.667. The molecule has 0 N–H and O–H groups in total. The van der Waals surface area contributed by atoms with Gasteiger partial charge in [0.05, 0.1) is 6.20 Å². The summed E-state index contributed by atoms with van der Waals surface area (Å²) >= 11 is 0. The topological polar surface area (TPSA) is 86.7 Å². The van der Waals surface area contributed by atoms with Gasteiger partial charge in [0, 0.05) is 5.56 Å². The van der Waals surface area contributed by atoms with Gasteiger partial charge in [-0.05, 0) is 19.1 Å². The highest BCUT2D eigenvalue weighted by molar-refractivity contribution is 5.70. The summed E-state index contributed by atoms with van der Waals surface area (Å²) in [6.07, 6.45) is 2.16. The molecule has 0 amide bonds. The molecule has 20 heavy (non-hydrogen) atoms. The predicted molar refractivity (Wildman–Crippen MR) is 69.0 cm³/mol. The van der Waals surface area contributed by atoms with Crippen LogP contribution in [0.5, 0.6) is 0 Å². The van der Waals surface area contributed by atoms with E-state index in [4.69, 9.17) is 4.52 Å². The number of nitrogens with zero attached hydrogens (tertiary/aromatic N) is 5. The summed E-state index contributed by atoms with van der Waals surface area (Å²) in [5, 5.41) is 11.3. The molecule has 0 aliphatic heterocycles. The van der Waals surface area contributed by atoms with Gasteiger partial charge in [-0.2, -0.15) is 4.98 Å². The van der Waals surface area contributed by atoms with E-state index in [-0.39, 0.29) is 5.69 Å². The predicted octanol–water partition coefficient (Wildman–Crippen LogP) is 1.50. The zero-order valence-corrected chi connectivity index (χ0v) is 10.7. The van der Waals surface area contributed by atoms with Gasteiger partial charge in [-0.1, -0.05) is 28.1 Å². The number of aryl methyl sites for hydroxylation is 1. The van der Waals surface area contributed by atoms with Crippen LogP contribution in [0.1, 0.15) is 21.9 Å². The Bertz CT molecular complexity index is 747. The SMILES string of the molecule is Cc1cccc(-c2nc(Cn3cc(C=O)nn3)no2)c1. The first-order valence-electron chi connectivity index (χ1n) is 5.99. The molecular formula is C13H11N5O2. The molecule has 0 unspecified atom stereocenters. The van der Waals surface area contributed by atoms with E-state index >= 15 is 0 Å². The Hall–Kier alpha value is -2.83. The minimum atomic E-state index is 0.271. The van der Waals surface area contributed by atoms with Crippen LogP contribution in [0.15, 0.2) is 35.0 Å². The lowest BCUT2D eigenvalue weighted by atomic mass is 10.1. The number of aromatic nitrogens is 5. The monoisotopic (exact) mass is 269 g/mol. The number of benzene rings is 1. The summed E-state index contributed by atoms with van der Waals surface area (Å²) in [5.41, 5.74) is 2.26. The summed E-state index contributed by atoms with van der Waals surface area (Å²) < 4.78 is 6.70. The third kappa shape index (κ3) is 2.46. The van der Waals surface area contributed by atoms with Gasteiger partial charge in [0.1, 0.15) is 12.2 Å². The van der Waals surface area contributed by atoms with Crippen molar-refractivity contribution in [1.29, 1.82) is 0 Å². The van der Waals surface area contributed by atoms with Gasteiger partial charge in [0.25, 0.3) is 5.89 Å². The number of hydrogen-bond acceptors (Lipinski definition) is 6. The van der Waals surface area contributed by atoms with E-state index in [0.29, 0.717) is 24.5 Å². The van der Waals surface area contributed by atoms with Crippen molar-refractivity contribution in [2.24, 2.45) is 0 Å². The number of hydrogen-bond donors (Lipinski definition) is 0. The maximum atomic E-state index is 10.5. The largest absolute Gasteiger partial charge is 0.334 e. The highest BCUT2D eigenvalue weighted by Crippen LogP contribution is 2.18. The van der Waals surface area contributed by atoms with Crippen LogP contribution in [0.25, 0.3) is 11.5 Å². The van der Waals surface area contributed by atoms with E-state index in [9.17, 15) is 4.79 Å². The second-order valence-corrected chi connectivity index (χ2v) is 4.34. The van der Waals surface area contributed by atoms with Crippen molar-refractivity contribution in [3.63, 3.8) is 0 Å². The van der Waals surface area contributed by atoms with Crippen molar-refractivity contribution in [3.05, 3.63) is 47.5 Å². The molecule has 2 heterocycles. The molecule has 7 heteroatoms. The summed E-state index contributed by atoms with van der Waals surface area (Å²) in [6, 6.07) is 7.81. The maximum absolute atomic E-state index is 10.5. The lowest BCUT2D eigenvalue weighted by Crippen LogP contribution is -2.02. The van der Waals surface area contributed by atoms with Crippen molar-refractivity contribution in [2.75, 3.05) is 0 Å². The van der Waals surface area contributed by atoms with Crippen LogP contribution < -0.4 is 0 Å². The van der Waals surface area contributed by atoms with Crippen LogP contribution in [0, 0.1) is 6.92 Å². The fourth-order valence-corrected chi connectivity index (χ4v) is 1.80. The summed E-state index contributed by atoms with van der Waals surface area (Å²) in [4.78, 5) is 14.8. The Balaban J connectivity index is 1.81. The van der Waals surface area contributed by atoms with Gasteiger partial charge in [-0.25, -0.2) is 4.68 Å². The Labute approximate surface area is 114 Å². The lowest BCUT2D eigenvalue weighted by Gasteiger charge is -1.95. The van der Waals surface area contributed by atoms with Crippen LogP contribution in [0.3, 0.4) is 0 Å². The molecule has 0 saturated carbocycles. The average Bonchev–Trinajstić information content (AvgIpc) is 3.08. The van der Waals surface area contributed by atoms with Gasteiger partial charge in [0.2, 0.25) is 0 Å². The number of rotatable bonds is 4. The standard InChI is InChI=1S/C13H11N5O2/c1-9-3-2-4-10(5-9)13-14-12(16-20-13)7-18-6-11(8-19)15-17-18/h2-6,8H,7H2,1H3. The fraction of sp³-hybridized carbons (Fsp3) is 0.154. The third-order valence-corrected chi connectivity index (χ3v) is 2.71. The van der Waals surface area contributed by atoms with Gasteiger partial charge < -0.3 is 4.52 Å². The Kier molecular flexibility index (Phi) is 3.08. The van der Waals surface area contributed by atoms with Gasteiger partial charge in [-0.15, -0.1) is 5.10 Å². The first-order valence-corrected chi connectivity index (χ1v) is 5.99. The lowest BCUT2D eigenvalue weighted by molar-refractivity contribution is 0.111. The molecule has 0 saturated heterocycles. The van der Waals surface area contributed by atoms with Crippen LogP contribution >= 0.6 is 0 Å². The molecule has 100 valence electrons. The smallest absolute Gasteiger partial charge is 0.257 e. The Morgan fingerprint density at radius 1 is 1.40 bits per heavy atom. The average molecular weight is 269 g/mol. The van der Waals surface area contributed by atoms with E-state index in [1.54, 1.807) is 0 Å². The summed E-state index contributed by atoms with van der Waals surface area (Å²) in [5.74, 6) is 0.934. The highest BCUT2D eigenvalue weighted by atomic mass is 16.5. The van der Waals surface area contributed by atoms with Crippen LogP contribution in [-0.4, -0.2) is 31.4 Å². The molecule has 0 spiro atoms.